The first kappa shape index (κ1) is 23.3. The Hall–Kier alpha value is -2.90. The zero-order valence-electron chi connectivity index (χ0n) is 19.5. The van der Waals surface area contributed by atoms with Crippen molar-refractivity contribution in [2.24, 2.45) is 5.92 Å². The molecule has 1 aromatic rings. The average Bonchev–Trinajstić information content (AvgIpc) is 3.47. The highest BCUT2D eigenvalue weighted by Gasteiger charge is 2.43. The number of benzene rings is 1. The Morgan fingerprint density at radius 3 is 1.88 bits per heavy atom. The second-order valence-corrected chi connectivity index (χ2v) is 9.82. The van der Waals surface area contributed by atoms with E-state index in [-0.39, 0.29) is 29.5 Å². The molecule has 178 valence electrons. The van der Waals surface area contributed by atoms with Gasteiger partial charge in [0, 0.05) is 19.5 Å². The van der Waals surface area contributed by atoms with E-state index in [2.05, 4.69) is 10.6 Å². The van der Waals surface area contributed by atoms with Gasteiger partial charge in [0.15, 0.2) is 0 Å². The summed E-state index contributed by atoms with van der Waals surface area (Å²) in [6.07, 6.45) is 3.38. The van der Waals surface area contributed by atoms with Crippen LogP contribution >= 0.6 is 0 Å². The van der Waals surface area contributed by atoms with Crippen molar-refractivity contribution >= 4 is 23.6 Å². The van der Waals surface area contributed by atoms with Crippen LogP contribution in [0.1, 0.15) is 51.5 Å². The predicted octanol–water partition coefficient (Wildman–Crippen LogP) is 1.24. The summed E-state index contributed by atoms with van der Waals surface area (Å²) in [6.45, 7) is 4.96. The second-order valence-electron chi connectivity index (χ2n) is 9.82. The fourth-order valence-corrected chi connectivity index (χ4v) is 5.29. The largest absolute Gasteiger partial charge is 0.342 e. The quantitative estimate of drug-likeness (QED) is 0.715. The molecule has 0 spiro atoms. The lowest BCUT2D eigenvalue weighted by Gasteiger charge is -2.34. The predicted molar refractivity (Wildman–Crippen MR) is 123 cm³/mol. The van der Waals surface area contributed by atoms with E-state index in [1.807, 2.05) is 44.2 Å². The lowest BCUT2D eigenvalue weighted by molar-refractivity contribution is -0.147. The van der Waals surface area contributed by atoms with Crippen molar-refractivity contribution in [3.05, 3.63) is 35.9 Å². The topological polar surface area (TPSA) is 98.8 Å². The molecule has 0 aliphatic carbocycles. The molecule has 2 N–H and O–H groups in total. The average molecular weight is 455 g/mol. The maximum Gasteiger partial charge on any atom is 0.246 e. The van der Waals surface area contributed by atoms with E-state index in [1.54, 1.807) is 9.80 Å². The third-order valence-corrected chi connectivity index (χ3v) is 6.90. The van der Waals surface area contributed by atoms with E-state index in [0.29, 0.717) is 45.2 Å². The van der Waals surface area contributed by atoms with Gasteiger partial charge in [0.2, 0.25) is 23.6 Å². The third-order valence-electron chi connectivity index (χ3n) is 6.90. The number of fused-ring (bicyclic) bond motifs is 2. The molecular weight excluding hydrogens is 420 g/mol. The van der Waals surface area contributed by atoms with Gasteiger partial charge in [0.25, 0.3) is 0 Å². The molecule has 3 heterocycles. The minimum absolute atomic E-state index is 0.193. The van der Waals surface area contributed by atoms with E-state index in [9.17, 15) is 19.2 Å². The fraction of sp³-hybridized carbons (Fsp3) is 0.600. The van der Waals surface area contributed by atoms with Crippen LogP contribution in [0.4, 0.5) is 0 Å². The van der Waals surface area contributed by atoms with Crippen LogP contribution in [0.3, 0.4) is 0 Å². The lowest BCUT2D eigenvalue weighted by Crippen LogP contribution is -2.61. The summed E-state index contributed by atoms with van der Waals surface area (Å²) in [5.74, 6) is -0.812. The van der Waals surface area contributed by atoms with Gasteiger partial charge in [-0.3, -0.25) is 19.2 Å². The van der Waals surface area contributed by atoms with Gasteiger partial charge in [-0.2, -0.15) is 0 Å². The van der Waals surface area contributed by atoms with Gasteiger partial charge in [0.1, 0.15) is 24.2 Å². The highest BCUT2D eigenvalue weighted by atomic mass is 16.2. The van der Waals surface area contributed by atoms with E-state index >= 15 is 0 Å². The van der Waals surface area contributed by atoms with Gasteiger partial charge in [-0.1, -0.05) is 44.2 Å². The first-order chi connectivity index (χ1) is 15.8. The highest BCUT2D eigenvalue weighted by Crippen LogP contribution is 2.24. The van der Waals surface area contributed by atoms with Crippen molar-refractivity contribution in [1.29, 1.82) is 0 Å². The molecule has 8 nitrogen and oxygen atoms in total. The van der Waals surface area contributed by atoms with Crippen LogP contribution in [0.2, 0.25) is 0 Å². The number of carbonyl (C=O) groups is 4. The lowest BCUT2D eigenvalue weighted by atomic mass is 10.00. The molecule has 3 aliphatic rings. The van der Waals surface area contributed by atoms with Crippen molar-refractivity contribution < 1.29 is 19.2 Å². The Labute approximate surface area is 195 Å². The van der Waals surface area contributed by atoms with Crippen LogP contribution in [0.25, 0.3) is 0 Å². The Morgan fingerprint density at radius 1 is 0.818 bits per heavy atom. The number of nitrogens with zero attached hydrogens (tertiary/aromatic N) is 2. The minimum Gasteiger partial charge on any atom is -0.342 e. The highest BCUT2D eigenvalue weighted by molar-refractivity contribution is 5.98. The first-order valence-electron chi connectivity index (χ1n) is 12.1. The van der Waals surface area contributed by atoms with Crippen LogP contribution < -0.4 is 10.6 Å². The maximum absolute atomic E-state index is 13.6. The number of hydrogen-bond donors (Lipinski definition) is 2. The Kier molecular flexibility index (Phi) is 7.00. The molecule has 3 fully saturated rings. The van der Waals surface area contributed by atoms with Crippen LogP contribution in [0.15, 0.2) is 30.3 Å². The van der Waals surface area contributed by atoms with Gasteiger partial charge in [-0.25, -0.2) is 0 Å². The molecule has 1 aromatic carbocycles. The third kappa shape index (κ3) is 5.04. The number of carbonyl (C=O) groups excluding carboxylic acids is 4. The minimum atomic E-state index is -0.781. The standard InChI is InChI=1S/C25H34N4O4/c1-16(2)14-18-24(32)28-12-6-11-21(28)23(31)27-19(15-17-8-4-3-5-9-17)25(33)29-13-7-10-20(29)22(30)26-18/h3-5,8-9,16,18-21H,6-7,10-15H2,1-2H3,(H,26,30)(H,27,31). The molecule has 0 bridgehead atoms. The van der Waals surface area contributed by atoms with E-state index < -0.39 is 24.2 Å². The second kappa shape index (κ2) is 9.93. The smallest absolute Gasteiger partial charge is 0.246 e. The molecule has 8 heteroatoms. The molecule has 4 atom stereocenters. The van der Waals surface area contributed by atoms with Crippen molar-refractivity contribution in [1.82, 2.24) is 20.4 Å². The van der Waals surface area contributed by atoms with Gasteiger partial charge in [-0.05, 0) is 43.6 Å². The Balaban J connectivity index is 1.67. The Bertz CT molecular complexity index is 903. The molecule has 33 heavy (non-hydrogen) atoms. The molecule has 4 amide bonds. The maximum atomic E-state index is 13.6. The summed E-state index contributed by atoms with van der Waals surface area (Å²) >= 11 is 0. The van der Waals surface area contributed by atoms with E-state index in [1.165, 1.54) is 0 Å². The number of nitrogens with one attached hydrogen (secondary N) is 2. The van der Waals surface area contributed by atoms with E-state index in [0.717, 1.165) is 12.0 Å². The van der Waals surface area contributed by atoms with Crippen molar-refractivity contribution in [2.45, 2.75) is 76.5 Å². The zero-order valence-corrected chi connectivity index (χ0v) is 19.5. The molecule has 3 saturated heterocycles. The van der Waals surface area contributed by atoms with Gasteiger partial charge in [-0.15, -0.1) is 0 Å². The van der Waals surface area contributed by atoms with Gasteiger partial charge >= 0.3 is 0 Å². The molecule has 3 aliphatic heterocycles. The molecule has 4 rings (SSSR count). The van der Waals surface area contributed by atoms with Gasteiger partial charge < -0.3 is 20.4 Å². The first-order valence-corrected chi connectivity index (χ1v) is 12.1. The zero-order chi connectivity index (χ0) is 23.5. The SMILES string of the molecule is CC(C)CC1NC(=O)C2CCCN2C(=O)C(Cc2ccccc2)NC(=O)C2CCCN2C1=O. The van der Waals surface area contributed by atoms with Crippen LogP contribution in [0.5, 0.6) is 0 Å². The summed E-state index contributed by atoms with van der Waals surface area (Å²) in [6, 6.07) is 6.83. The van der Waals surface area contributed by atoms with Crippen LogP contribution in [0, 0.1) is 5.92 Å². The monoisotopic (exact) mass is 454 g/mol. The molecule has 0 saturated carbocycles. The summed E-state index contributed by atoms with van der Waals surface area (Å²) in [5.41, 5.74) is 0.930. The summed E-state index contributed by atoms with van der Waals surface area (Å²) in [4.78, 5) is 56.8. The van der Waals surface area contributed by atoms with Crippen LogP contribution in [-0.2, 0) is 25.6 Å². The number of rotatable bonds is 4. The molecule has 0 radical (unpaired) electrons. The van der Waals surface area contributed by atoms with Crippen molar-refractivity contribution in [3.8, 4) is 0 Å². The fourth-order valence-electron chi connectivity index (χ4n) is 5.29. The normalized spacial score (nSPS) is 28.7. The Morgan fingerprint density at radius 2 is 1.33 bits per heavy atom. The molecular formula is C25H34N4O4. The molecule has 4 unspecified atom stereocenters. The summed E-state index contributed by atoms with van der Waals surface area (Å²) < 4.78 is 0. The van der Waals surface area contributed by atoms with E-state index in [4.69, 9.17) is 0 Å². The molecule has 0 aromatic heterocycles. The van der Waals surface area contributed by atoms with Gasteiger partial charge in [0.05, 0.1) is 0 Å². The number of hydrogen-bond acceptors (Lipinski definition) is 4. The summed E-state index contributed by atoms with van der Waals surface area (Å²) in [5, 5.41) is 5.90. The number of amides is 4. The van der Waals surface area contributed by atoms with Crippen LogP contribution in [-0.4, -0.2) is 70.7 Å². The van der Waals surface area contributed by atoms with Crippen molar-refractivity contribution in [2.75, 3.05) is 13.1 Å². The van der Waals surface area contributed by atoms with Crippen molar-refractivity contribution in [3.63, 3.8) is 0 Å². The summed E-state index contributed by atoms with van der Waals surface area (Å²) in [7, 11) is 0.